The number of amides is 2. The summed E-state index contributed by atoms with van der Waals surface area (Å²) in [6.45, 7) is 9.83. The molecular weight excluding hydrogens is 807 g/mol. The van der Waals surface area contributed by atoms with Crippen LogP contribution in [0.1, 0.15) is 148 Å². The largest absolute Gasteiger partial charge is 0.460 e. The zero-order valence-corrected chi connectivity index (χ0v) is 38.1. The Labute approximate surface area is 373 Å². The number of hydrogen-bond acceptors (Lipinski definition) is 12. The van der Waals surface area contributed by atoms with Gasteiger partial charge in [0.05, 0.1) is 31.4 Å². The van der Waals surface area contributed by atoms with Gasteiger partial charge in [0.1, 0.15) is 41.5 Å². The molecular formula is C49H71N3O11. The highest BCUT2D eigenvalue weighted by atomic mass is 16.8. The molecule has 8 rings (SSSR count). The first-order valence-electron chi connectivity index (χ1n) is 24.1. The number of nitrogens with one attached hydrogen (secondary N) is 1. The minimum atomic E-state index is -1.43. The van der Waals surface area contributed by atoms with Gasteiger partial charge in [-0.1, -0.05) is 75.9 Å². The van der Waals surface area contributed by atoms with E-state index >= 15 is 4.79 Å². The van der Waals surface area contributed by atoms with Gasteiger partial charge in [-0.2, -0.15) is 5.06 Å². The van der Waals surface area contributed by atoms with Crippen LogP contribution in [-0.2, 0) is 54.2 Å². The van der Waals surface area contributed by atoms with Crippen molar-refractivity contribution in [2.45, 2.75) is 210 Å². The number of carbonyl (C=O) groups is 4. The molecule has 1 aromatic rings. The Bertz CT molecular complexity index is 1840. The molecule has 0 spiro atoms. The van der Waals surface area contributed by atoms with Gasteiger partial charge in [-0.05, 0) is 89.2 Å². The lowest BCUT2D eigenvalue weighted by Gasteiger charge is -2.50. The number of aliphatic hydroxyl groups is 1. The third-order valence-corrected chi connectivity index (χ3v) is 14.4. The Kier molecular flexibility index (Phi) is 14.1. The number of carbonyl (C=O) groups excluding carboxylic acids is 4. The maximum Gasteiger partial charge on any atom is 0.327 e. The van der Waals surface area contributed by atoms with E-state index in [0.717, 1.165) is 68.9 Å². The number of nitrogens with zero attached hydrogens (tertiary/aromatic N) is 2. The van der Waals surface area contributed by atoms with E-state index in [2.05, 4.69) is 37.4 Å². The number of aliphatic hydroxyl groups excluding tert-OH is 1. The number of unbranched alkanes of at least 4 members (excludes halogenated alkanes) is 4. The molecule has 5 aliphatic heterocycles. The summed E-state index contributed by atoms with van der Waals surface area (Å²) in [6.07, 6.45) is 14.1. The van der Waals surface area contributed by atoms with E-state index in [4.69, 9.17) is 28.5 Å². The van der Waals surface area contributed by atoms with Crippen LogP contribution in [0.4, 0.5) is 0 Å². The molecule has 14 nitrogen and oxygen atoms in total. The molecule has 1 aromatic carbocycles. The molecule has 0 radical (unpaired) electrons. The normalized spacial score (nSPS) is 33.5. The summed E-state index contributed by atoms with van der Waals surface area (Å²) in [4.78, 5) is 65.6. The minimum Gasteiger partial charge on any atom is -0.460 e. The zero-order chi connectivity index (χ0) is 44.5. The van der Waals surface area contributed by atoms with E-state index in [9.17, 15) is 19.5 Å². The highest BCUT2D eigenvalue weighted by Crippen LogP contribution is 2.59. The summed E-state index contributed by atoms with van der Waals surface area (Å²) in [6, 6.07) is 5.40. The number of fused-ring (bicyclic) bond motifs is 5. The highest BCUT2D eigenvalue weighted by molar-refractivity contribution is 5.96. The fourth-order valence-corrected chi connectivity index (χ4v) is 11.3. The van der Waals surface area contributed by atoms with Crippen LogP contribution in [0.25, 0.3) is 6.08 Å². The van der Waals surface area contributed by atoms with E-state index in [-0.39, 0.29) is 38.3 Å². The maximum absolute atomic E-state index is 15.7. The number of hydrogen-bond donors (Lipinski definition) is 2. The summed E-state index contributed by atoms with van der Waals surface area (Å²) >= 11 is 0. The number of benzene rings is 1. The summed E-state index contributed by atoms with van der Waals surface area (Å²) in [5.41, 5.74) is -0.150. The molecule has 63 heavy (non-hydrogen) atoms. The first-order chi connectivity index (χ1) is 30.3. The quantitative estimate of drug-likeness (QED) is 0.0907. The molecule has 14 heteroatoms. The Morgan fingerprint density at radius 1 is 0.984 bits per heavy atom. The lowest BCUT2D eigenvalue weighted by molar-refractivity contribution is -0.225. The van der Waals surface area contributed by atoms with Gasteiger partial charge in [0.15, 0.2) is 11.8 Å². The fraction of sp³-hybridized carbons (Fsp3) is 0.755. The number of epoxide rings is 1. The van der Waals surface area contributed by atoms with Gasteiger partial charge in [0, 0.05) is 32.2 Å². The molecule has 7 aliphatic rings. The Hall–Kier alpha value is -3.40. The van der Waals surface area contributed by atoms with Gasteiger partial charge in [-0.25, -0.2) is 0 Å². The van der Waals surface area contributed by atoms with Gasteiger partial charge in [-0.15, -0.1) is 0 Å². The number of allylic oxidation sites excluding steroid dienone is 1. The molecule has 2 bridgehead atoms. The van der Waals surface area contributed by atoms with Crippen molar-refractivity contribution < 1.29 is 52.8 Å². The monoisotopic (exact) mass is 878 g/mol. The average Bonchev–Trinajstić information content (AvgIpc) is 3.51. The summed E-state index contributed by atoms with van der Waals surface area (Å²) in [5, 5.41) is 14.8. The predicted molar refractivity (Wildman–Crippen MR) is 232 cm³/mol. The zero-order valence-electron chi connectivity index (χ0n) is 38.1. The van der Waals surface area contributed by atoms with Crippen molar-refractivity contribution in [3.8, 4) is 0 Å². The predicted octanol–water partition coefficient (Wildman–Crippen LogP) is 6.30. The van der Waals surface area contributed by atoms with Gasteiger partial charge < -0.3 is 39.0 Å². The summed E-state index contributed by atoms with van der Waals surface area (Å²) in [7, 11) is 0. The molecule has 2 aliphatic carbocycles. The van der Waals surface area contributed by atoms with Crippen LogP contribution in [0.3, 0.4) is 0 Å². The van der Waals surface area contributed by atoms with E-state index in [1.807, 2.05) is 18.2 Å². The molecule has 2 amide bonds. The van der Waals surface area contributed by atoms with Crippen molar-refractivity contribution >= 4 is 29.8 Å². The summed E-state index contributed by atoms with van der Waals surface area (Å²) in [5.74, 6) is -2.20. The molecule has 2 saturated carbocycles. The van der Waals surface area contributed by atoms with Crippen molar-refractivity contribution in [1.82, 2.24) is 15.3 Å². The third-order valence-electron chi connectivity index (χ3n) is 14.4. The first-order valence-corrected chi connectivity index (χ1v) is 24.1. The molecule has 7 fully saturated rings. The van der Waals surface area contributed by atoms with Crippen molar-refractivity contribution in [1.29, 1.82) is 0 Å². The van der Waals surface area contributed by atoms with Crippen LogP contribution in [0, 0.1) is 11.3 Å². The van der Waals surface area contributed by atoms with Crippen LogP contribution in [0.15, 0.2) is 30.3 Å². The first kappa shape index (κ1) is 46.1. The molecule has 0 aromatic heterocycles. The van der Waals surface area contributed by atoms with Crippen molar-refractivity contribution in [2.75, 3.05) is 13.2 Å². The Morgan fingerprint density at radius 2 is 1.73 bits per heavy atom. The second-order valence-corrected chi connectivity index (χ2v) is 20.2. The molecule has 348 valence electrons. The van der Waals surface area contributed by atoms with Crippen LogP contribution in [0.2, 0.25) is 0 Å². The number of rotatable bonds is 19. The molecule has 5 saturated heterocycles. The van der Waals surface area contributed by atoms with Gasteiger partial charge in [0.25, 0.3) is 0 Å². The van der Waals surface area contributed by atoms with E-state index in [0.29, 0.717) is 50.4 Å². The molecule has 11 atom stereocenters. The van der Waals surface area contributed by atoms with E-state index in [1.165, 1.54) is 0 Å². The Balaban J connectivity index is 1.09. The third kappa shape index (κ3) is 9.77. The average molecular weight is 878 g/mol. The number of likely N-dealkylation sites (tertiary alicyclic amines) is 1. The maximum atomic E-state index is 15.7. The number of hydroxylamine groups is 2. The standard InChI is InChI=1S/C49H71N3O11/c1-6-8-12-24-48(25-13-9-7-2)61-40-38-28-49(46(57)51-26-14-17-35(51)44(55)50-34(30-53)21-23-39(54)60-47(3,4)5)42(45(56)59-38)52(63-43(49)41(40)62-48)29-33-16-11-10-15-32(33)20-18-31-19-22-36-37(27-31)58-36/h10-11,15-16,18,20,31,34-38,40-43,53H,6-9,12-14,17,19,21-30H2,1-5H3,(H,50,55)/t31?,34-,35+,36?,37?,38+,40-,41-,42+,43+,49+/m0/s1. The van der Waals surface area contributed by atoms with Crippen LogP contribution in [-0.4, -0.2) is 118 Å². The highest BCUT2D eigenvalue weighted by Gasteiger charge is 2.77. The van der Waals surface area contributed by atoms with Crippen LogP contribution < -0.4 is 5.32 Å². The number of esters is 2. The number of ether oxygens (including phenoxy) is 5. The molecule has 2 N–H and O–H groups in total. The van der Waals surface area contributed by atoms with Gasteiger partial charge >= 0.3 is 11.9 Å². The second kappa shape index (κ2) is 19.2. The SMILES string of the molecule is CCCCCC1(CCCCC)O[C@@H]2[C@H](O1)[C@H]1ON(Cc3ccccc3C=CC3CCC4OC4C3)[C@@H]3C(=O)O[C@@H]2C[C@]13C(=O)N1CCC[C@@H]1C(=O)N[C@H](CO)CCC(=O)OC(C)(C)C. The van der Waals surface area contributed by atoms with Crippen molar-refractivity contribution in [3.05, 3.63) is 41.5 Å². The smallest absolute Gasteiger partial charge is 0.327 e. The fourth-order valence-electron chi connectivity index (χ4n) is 11.3. The van der Waals surface area contributed by atoms with Crippen molar-refractivity contribution in [3.63, 3.8) is 0 Å². The topological polar surface area (TPSA) is 166 Å². The van der Waals surface area contributed by atoms with Crippen molar-refractivity contribution in [2.24, 2.45) is 11.3 Å². The summed E-state index contributed by atoms with van der Waals surface area (Å²) < 4.78 is 31.7. The minimum absolute atomic E-state index is 0.0115. The second-order valence-electron chi connectivity index (χ2n) is 20.2. The van der Waals surface area contributed by atoms with E-state index in [1.54, 1.807) is 30.7 Å². The molecule has 5 heterocycles. The van der Waals surface area contributed by atoms with Gasteiger partial charge in [-0.3, -0.25) is 24.0 Å². The lowest BCUT2D eigenvalue weighted by Crippen LogP contribution is -2.70. The Morgan fingerprint density at radius 3 is 2.44 bits per heavy atom. The molecule has 3 unspecified atom stereocenters. The van der Waals surface area contributed by atoms with Gasteiger partial charge in [0.2, 0.25) is 11.8 Å². The van der Waals surface area contributed by atoms with E-state index < -0.39 is 77.2 Å². The lowest BCUT2D eigenvalue weighted by atomic mass is 9.62. The van der Waals surface area contributed by atoms with Crippen LogP contribution >= 0.6 is 0 Å². The van der Waals surface area contributed by atoms with Crippen LogP contribution in [0.5, 0.6) is 0 Å².